The van der Waals surface area contributed by atoms with Gasteiger partial charge in [0.1, 0.15) is 5.75 Å². The minimum absolute atomic E-state index is 0.0190. The molecule has 0 saturated heterocycles. The molecule has 24 heavy (non-hydrogen) atoms. The van der Waals surface area contributed by atoms with E-state index in [-0.39, 0.29) is 17.3 Å². The van der Waals surface area contributed by atoms with Crippen LogP contribution in [0.15, 0.2) is 24.3 Å². The van der Waals surface area contributed by atoms with E-state index in [4.69, 9.17) is 9.47 Å². The molecule has 0 bridgehead atoms. The Morgan fingerprint density at radius 1 is 1.42 bits per heavy atom. The Hall–Kier alpha value is -2.94. The Morgan fingerprint density at radius 3 is 2.79 bits per heavy atom. The molecule has 0 saturated carbocycles. The predicted octanol–water partition coefficient (Wildman–Crippen LogP) is 1.81. The van der Waals surface area contributed by atoms with Gasteiger partial charge in [-0.1, -0.05) is 0 Å². The van der Waals surface area contributed by atoms with E-state index >= 15 is 0 Å². The fraction of sp³-hybridized carbons (Fsp3) is 0.333. The van der Waals surface area contributed by atoms with Crippen LogP contribution in [0.4, 0.5) is 5.69 Å². The number of aryl methyl sites for hydroxylation is 2. The number of nitrogens with zero attached hydrogens (tertiary/aromatic N) is 3. The summed E-state index contributed by atoms with van der Waals surface area (Å²) in [6, 6.07) is 5.93. The molecule has 0 aliphatic rings. The third kappa shape index (κ3) is 4.07. The van der Waals surface area contributed by atoms with Crippen LogP contribution < -0.4 is 10.1 Å². The molecule has 0 spiro atoms. The summed E-state index contributed by atoms with van der Waals surface area (Å²) in [4.78, 5) is 22.3. The molecule has 1 aromatic carbocycles. The second kappa shape index (κ2) is 7.55. The highest BCUT2D eigenvalue weighted by molar-refractivity contribution is 5.92. The van der Waals surface area contributed by atoms with Gasteiger partial charge in [-0.2, -0.15) is 5.10 Å². The van der Waals surface area contributed by atoms with Crippen LogP contribution in [-0.4, -0.2) is 40.9 Å². The SMILES string of the molecule is COCCNC(=O)c1cc(Oc2ccc([N+](=O)[O-])c(C)c2)n(C)n1. The van der Waals surface area contributed by atoms with Crippen LogP contribution >= 0.6 is 0 Å². The molecule has 2 aromatic rings. The van der Waals surface area contributed by atoms with Crippen LogP contribution in [-0.2, 0) is 11.8 Å². The van der Waals surface area contributed by atoms with Crippen LogP contribution in [0.5, 0.6) is 11.6 Å². The van der Waals surface area contributed by atoms with Gasteiger partial charge < -0.3 is 14.8 Å². The third-order valence-electron chi connectivity index (χ3n) is 3.25. The number of hydrogen-bond acceptors (Lipinski definition) is 6. The smallest absolute Gasteiger partial charge is 0.272 e. The molecule has 1 heterocycles. The number of amides is 1. The summed E-state index contributed by atoms with van der Waals surface area (Å²) in [6.07, 6.45) is 0. The molecule has 0 atom stereocenters. The van der Waals surface area contributed by atoms with Gasteiger partial charge in [0.05, 0.1) is 11.5 Å². The summed E-state index contributed by atoms with van der Waals surface area (Å²) < 4.78 is 11.9. The molecular formula is C15H18N4O5. The van der Waals surface area contributed by atoms with E-state index in [2.05, 4.69) is 10.4 Å². The number of nitro benzene ring substituents is 1. The standard InChI is InChI=1S/C15H18N4O5/c1-10-8-11(4-5-13(10)19(21)22)24-14-9-12(17-18(14)2)15(20)16-6-7-23-3/h4-5,8-9H,6-7H2,1-3H3,(H,16,20). The molecule has 0 unspecified atom stereocenters. The van der Waals surface area contributed by atoms with E-state index in [0.717, 1.165) is 0 Å². The zero-order valence-electron chi connectivity index (χ0n) is 13.6. The first-order valence-corrected chi connectivity index (χ1v) is 7.16. The first-order valence-electron chi connectivity index (χ1n) is 7.16. The average Bonchev–Trinajstić information content (AvgIpc) is 2.88. The van der Waals surface area contributed by atoms with Gasteiger partial charge in [0.15, 0.2) is 5.69 Å². The van der Waals surface area contributed by atoms with E-state index in [1.54, 1.807) is 27.1 Å². The van der Waals surface area contributed by atoms with Gasteiger partial charge in [0.2, 0.25) is 5.88 Å². The third-order valence-corrected chi connectivity index (χ3v) is 3.25. The van der Waals surface area contributed by atoms with E-state index in [1.165, 1.54) is 22.9 Å². The molecule has 0 radical (unpaired) electrons. The van der Waals surface area contributed by atoms with Crippen molar-refractivity contribution in [1.82, 2.24) is 15.1 Å². The zero-order valence-corrected chi connectivity index (χ0v) is 13.6. The van der Waals surface area contributed by atoms with Gasteiger partial charge >= 0.3 is 0 Å². The van der Waals surface area contributed by atoms with Crippen LogP contribution in [0.25, 0.3) is 0 Å². The number of carbonyl (C=O) groups is 1. The van der Waals surface area contributed by atoms with E-state index < -0.39 is 4.92 Å². The van der Waals surface area contributed by atoms with Gasteiger partial charge in [0, 0.05) is 38.4 Å². The van der Waals surface area contributed by atoms with Crippen molar-refractivity contribution in [3.8, 4) is 11.6 Å². The lowest BCUT2D eigenvalue weighted by molar-refractivity contribution is -0.385. The fourth-order valence-electron chi connectivity index (χ4n) is 2.03. The summed E-state index contributed by atoms with van der Waals surface area (Å²) in [5.74, 6) is 0.435. The van der Waals surface area contributed by atoms with Gasteiger partial charge in [-0.05, 0) is 19.1 Å². The van der Waals surface area contributed by atoms with Crippen molar-refractivity contribution in [2.75, 3.05) is 20.3 Å². The van der Waals surface area contributed by atoms with Crippen LogP contribution in [0.2, 0.25) is 0 Å². The van der Waals surface area contributed by atoms with Gasteiger partial charge in [-0.3, -0.25) is 14.9 Å². The quantitative estimate of drug-likeness (QED) is 0.470. The minimum Gasteiger partial charge on any atom is -0.439 e. The van der Waals surface area contributed by atoms with Gasteiger partial charge in [-0.25, -0.2) is 4.68 Å². The Morgan fingerprint density at radius 2 is 2.17 bits per heavy atom. The molecular weight excluding hydrogens is 316 g/mol. The van der Waals surface area contributed by atoms with Crippen LogP contribution in [0, 0.1) is 17.0 Å². The lowest BCUT2D eigenvalue weighted by Gasteiger charge is -2.06. The number of carbonyl (C=O) groups excluding carboxylic acids is 1. The summed E-state index contributed by atoms with van der Waals surface area (Å²) in [6.45, 7) is 2.41. The molecule has 9 nitrogen and oxygen atoms in total. The summed E-state index contributed by atoms with van der Waals surface area (Å²) >= 11 is 0. The average molecular weight is 334 g/mol. The molecule has 2 rings (SSSR count). The fourth-order valence-corrected chi connectivity index (χ4v) is 2.03. The van der Waals surface area contributed by atoms with Crippen LogP contribution in [0.1, 0.15) is 16.1 Å². The first kappa shape index (κ1) is 17.4. The van der Waals surface area contributed by atoms with Gasteiger partial charge in [0.25, 0.3) is 11.6 Å². The van der Waals surface area contributed by atoms with Crippen molar-refractivity contribution < 1.29 is 19.2 Å². The molecule has 128 valence electrons. The molecule has 0 aliphatic heterocycles. The summed E-state index contributed by atoms with van der Waals surface area (Å²) in [7, 11) is 3.19. The van der Waals surface area contributed by atoms with Crippen LogP contribution in [0.3, 0.4) is 0 Å². The molecule has 1 amide bonds. The maximum Gasteiger partial charge on any atom is 0.272 e. The Labute approximate surface area is 138 Å². The number of ether oxygens (including phenoxy) is 2. The molecule has 0 fully saturated rings. The highest BCUT2D eigenvalue weighted by atomic mass is 16.6. The predicted molar refractivity (Wildman–Crippen MR) is 85.3 cm³/mol. The zero-order chi connectivity index (χ0) is 17.7. The number of nitrogens with one attached hydrogen (secondary N) is 1. The lowest BCUT2D eigenvalue weighted by Crippen LogP contribution is -2.27. The van der Waals surface area contributed by atoms with Crippen molar-refractivity contribution >= 4 is 11.6 Å². The molecule has 0 aliphatic carbocycles. The molecule has 9 heteroatoms. The van der Waals surface area contributed by atoms with Gasteiger partial charge in [-0.15, -0.1) is 0 Å². The molecule has 1 aromatic heterocycles. The topological polar surface area (TPSA) is 109 Å². The maximum absolute atomic E-state index is 11.9. The van der Waals surface area contributed by atoms with E-state index in [0.29, 0.717) is 30.3 Å². The second-order valence-corrected chi connectivity index (χ2v) is 5.05. The van der Waals surface area contributed by atoms with Crippen molar-refractivity contribution in [3.05, 3.63) is 45.6 Å². The lowest BCUT2D eigenvalue weighted by atomic mass is 10.2. The number of rotatable bonds is 7. The largest absolute Gasteiger partial charge is 0.439 e. The number of hydrogen-bond donors (Lipinski definition) is 1. The maximum atomic E-state index is 11.9. The van der Waals surface area contributed by atoms with E-state index in [9.17, 15) is 14.9 Å². The Bertz CT molecular complexity index is 756. The normalized spacial score (nSPS) is 10.5. The van der Waals surface area contributed by atoms with Crippen molar-refractivity contribution in [1.29, 1.82) is 0 Å². The van der Waals surface area contributed by atoms with Crippen molar-refractivity contribution in [3.63, 3.8) is 0 Å². The monoisotopic (exact) mass is 334 g/mol. The Balaban J connectivity index is 2.12. The highest BCUT2D eigenvalue weighted by Gasteiger charge is 2.15. The van der Waals surface area contributed by atoms with Crippen molar-refractivity contribution in [2.24, 2.45) is 7.05 Å². The summed E-state index contributed by atoms with van der Waals surface area (Å²) in [5, 5.41) is 17.6. The first-order chi connectivity index (χ1) is 11.4. The second-order valence-electron chi connectivity index (χ2n) is 5.05. The molecule has 1 N–H and O–H groups in total. The van der Waals surface area contributed by atoms with E-state index in [1.807, 2.05) is 0 Å². The minimum atomic E-state index is -0.453. The number of benzene rings is 1. The highest BCUT2D eigenvalue weighted by Crippen LogP contribution is 2.27. The Kier molecular flexibility index (Phi) is 5.48. The summed E-state index contributed by atoms with van der Waals surface area (Å²) in [5.41, 5.74) is 0.713. The number of nitro groups is 1. The van der Waals surface area contributed by atoms with Crippen molar-refractivity contribution in [2.45, 2.75) is 6.92 Å². The number of aromatic nitrogens is 2. The number of methoxy groups -OCH3 is 1.